The molecule has 72 valence electrons. The van der Waals surface area contributed by atoms with Gasteiger partial charge in [0, 0.05) is 12.1 Å². The van der Waals surface area contributed by atoms with Gasteiger partial charge >= 0.3 is 0 Å². The minimum absolute atomic E-state index is 0.364. The van der Waals surface area contributed by atoms with Crippen LogP contribution in [0.15, 0.2) is 0 Å². The number of nitrogens with zero attached hydrogens (tertiary/aromatic N) is 1. The lowest BCUT2D eigenvalue weighted by Crippen LogP contribution is -2.40. The molecule has 1 fully saturated rings. The summed E-state index contributed by atoms with van der Waals surface area (Å²) in [5.74, 6) is 0.870. The van der Waals surface area contributed by atoms with Crippen molar-refractivity contribution in [3.05, 3.63) is 0 Å². The molecule has 1 atom stereocenters. The summed E-state index contributed by atoms with van der Waals surface area (Å²) in [4.78, 5) is 2.58. The third-order valence-electron chi connectivity index (χ3n) is 2.73. The topological polar surface area (TPSA) is 15.3 Å². The van der Waals surface area contributed by atoms with E-state index in [0.29, 0.717) is 5.54 Å². The molecule has 1 saturated heterocycles. The lowest BCUT2D eigenvalue weighted by atomic mass is 10.1. The molecule has 2 nitrogen and oxygen atoms in total. The van der Waals surface area contributed by atoms with Crippen molar-refractivity contribution in [2.24, 2.45) is 5.92 Å². The molecule has 0 saturated carbocycles. The van der Waals surface area contributed by atoms with Crippen molar-refractivity contribution in [3.63, 3.8) is 0 Å². The second-order valence-electron chi connectivity index (χ2n) is 4.83. The van der Waals surface area contributed by atoms with Gasteiger partial charge < -0.3 is 5.32 Å². The zero-order valence-electron chi connectivity index (χ0n) is 8.85. The quantitative estimate of drug-likeness (QED) is 0.672. The largest absolute Gasteiger partial charge is 0.319 e. The van der Waals surface area contributed by atoms with Crippen LogP contribution in [0.25, 0.3) is 0 Å². The van der Waals surface area contributed by atoms with Gasteiger partial charge in [-0.1, -0.05) is 0 Å². The van der Waals surface area contributed by atoms with Crippen molar-refractivity contribution in [3.8, 4) is 0 Å². The maximum absolute atomic E-state index is 3.25. The molecule has 0 aromatic rings. The van der Waals surface area contributed by atoms with Crippen LogP contribution in [0, 0.1) is 5.92 Å². The summed E-state index contributed by atoms with van der Waals surface area (Å²) in [6.45, 7) is 10.6. The van der Waals surface area contributed by atoms with Crippen LogP contribution >= 0.6 is 0 Å². The molecule has 0 unspecified atom stereocenters. The van der Waals surface area contributed by atoms with E-state index in [1.165, 1.54) is 26.1 Å². The van der Waals surface area contributed by atoms with E-state index in [-0.39, 0.29) is 0 Å². The maximum atomic E-state index is 3.25. The van der Waals surface area contributed by atoms with Crippen LogP contribution in [0.1, 0.15) is 27.2 Å². The Bertz CT molecular complexity index is 137. The number of likely N-dealkylation sites (tertiary alicyclic amines) is 1. The van der Waals surface area contributed by atoms with E-state index >= 15 is 0 Å². The molecule has 1 N–H and O–H groups in total. The molecule has 1 aliphatic rings. The Balaban J connectivity index is 2.35. The van der Waals surface area contributed by atoms with E-state index in [4.69, 9.17) is 0 Å². The van der Waals surface area contributed by atoms with Crippen molar-refractivity contribution in [1.82, 2.24) is 10.2 Å². The number of rotatable bonds is 2. The Morgan fingerprint density at radius 1 is 1.42 bits per heavy atom. The summed E-state index contributed by atoms with van der Waals surface area (Å²) in [5.41, 5.74) is 0.364. The normalized spacial score (nSPS) is 26.5. The van der Waals surface area contributed by atoms with Crippen LogP contribution in [0.5, 0.6) is 0 Å². The fourth-order valence-corrected chi connectivity index (χ4v) is 1.90. The van der Waals surface area contributed by atoms with Gasteiger partial charge in [-0.3, -0.25) is 4.90 Å². The molecule has 0 amide bonds. The van der Waals surface area contributed by atoms with E-state index in [0.717, 1.165) is 5.92 Å². The average molecular weight is 170 g/mol. The van der Waals surface area contributed by atoms with Crippen molar-refractivity contribution < 1.29 is 0 Å². The van der Waals surface area contributed by atoms with E-state index in [1.54, 1.807) is 0 Å². The SMILES string of the molecule is CNC[C@@H]1CCN(C(C)(C)C)C1. The first-order valence-electron chi connectivity index (χ1n) is 4.93. The van der Waals surface area contributed by atoms with Gasteiger partial charge in [-0.15, -0.1) is 0 Å². The third kappa shape index (κ3) is 2.46. The second kappa shape index (κ2) is 3.75. The van der Waals surface area contributed by atoms with E-state index in [2.05, 4.69) is 31.0 Å². The van der Waals surface area contributed by atoms with Crippen molar-refractivity contribution in [2.75, 3.05) is 26.7 Å². The molecule has 0 spiro atoms. The van der Waals surface area contributed by atoms with Gasteiger partial charge in [0.05, 0.1) is 0 Å². The van der Waals surface area contributed by atoms with Gasteiger partial charge in [-0.25, -0.2) is 0 Å². The molecule has 0 radical (unpaired) electrons. The van der Waals surface area contributed by atoms with Crippen molar-refractivity contribution >= 4 is 0 Å². The van der Waals surface area contributed by atoms with Gasteiger partial charge in [0.25, 0.3) is 0 Å². The van der Waals surface area contributed by atoms with E-state index < -0.39 is 0 Å². The number of hydrogen-bond donors (Lipinski definition) is 1. The Kier molecular flexibility index (Phi) is 3.13. The first-order valence-corrected chi connectivity index (χ1v) is 4.93. The average Bonchev–Trinajstić information content (AvgIpc) is 2.35. The zero-order chi connectivity index (χ0) is 9.19. The molecule has 12 heavy (non-hydrogen) atoms. The molecule has 0 bridgehead atoms. The summed E-state index contributed by atoms with van der Waals surface area (Å²) in [7, 11) is 2.04. The smallest absolute Gasteiger partial charge is 0.0125 e. The molecule has 1 aliphatic heterocycles. The van der Waals surface area contributed by atoms with E-state index in [1.807, 2.05) is 7.05 Å². The Morgan fingerprint density at radius 3 is 2.50 bits per heavy atom. The lowest BCUT2D eigenvalue weighted by molar-refractivity contribution is 0.168. The van der Waals surface area contributed by atoms with Gasteiger partial charge in [0.1, 0.15) is 0 Å². The molecule has 0 aromatic heterocycles. The van der Waals surface area contributed by atoms with Crippen LogP contribution in [-0.4, -0.2) is 37.1 Å². The lowest BCUT2D eigenvalue weighted by Gasteiger charge is -2.31. The molecular formula is C10H22N2. The second-order valence-corrected chi connectivity index (χ2v) is 4.83. The Hall–Kier alpha value is -0.0800. The molecule has 2 heteroatoms. The number of nitrogens with one attached hydrogen (secondary N) is 1. The molecule has 0 aromatic carbocycles. The van der Waals surface area contributed by atoms with Gasteiger partial charge in [0.15, 0.2) is 0 Å². The monoisotopic (exact) mass is 170 g/mol. The summed E-state index contributed by atoms with van der Waals surface area (Å²) in [5, 5.41) is 3.25. The fourth-order valence-electron chi connectivity index (χ4n) is 1.90. The highest BCUT2D eigenvalue weighted by Gasteiger charge is 2.29. The predicted molar refractivity (Wildman–Crippen MR) is 53.4 cm³/mol. The van der Waals surface area contributed by atoms with E-state index in [9.17, 15) is 0 Å². The maximum Gasteiger partial charge on any atom is 0.0125 e. The fraction of sp³-hybridized carbons (Fsp3) is 1.00. The van der Waals surface area contributed by atoms with Crippen LogP contribution < -0.4 is 5.32 Å². The summed E-state index contributed by atoms with van der Waals surface area (Å²) >= 11 is 0. The van der Waals surface area contributed by atoms with Crippen LogP contribution in [-0.2, 0) is 0 Å². The third-order valence-corrected chi connectivity index (χ3v) is 2.73. The molecule has 1 rings (SSSR count). The first kappa shape index (κ1) is 10.0. The molecular weight excluding hydrogens is 148 g/mol. The standard InChI is InChI=1S/C10H22N2/c1-10(2,3)12-6-5-9(8-12)7-11-4/h9,11H,5-8H2,1-4H3/t9-/m0/s1. The first-order chi connectivity index (χ1) is 5.54. The van der Waals surface area contributed by atoms with Crippen molar-refractivity contribution in [1.29, 1.82) is 0 Å². The van der Waals surface area contributed by atoms with Crippen LogP contribution in [0.4, 0.5) is 0 Å². The van der Waals surface area contributed by atoms with Gasteiger partial charge in [0.2, 0.25) is 0 Å². The van der Waals surface area contributed by atoms with Crippen LogP contribution in [0.3, 0.4) is 0 Å². The predicted octanol–water partition coefficient (Wildman–Crippen LogP) is 1.33. The minimum atomic E-state index is 0.364. The Labute approximate surface area is 76.3 Å². The highest BCUT2D eigenvalue weighted by Crippen LogP contribution is 2.23. The van der Waals surface area contributed by atoms with Gasteiger partial charge in [-0.2, -0.15) is 0 Å². The molecule has 0 aliphatic carbocycles. The Morgan fingerprint density at radius 2 is 2.08 bits per heavy atom. The highest BCUT2D eigenvalue weighted by atomic mass is 15.2. The summed E-state index contributed by atoms with van der Waals surface area (Å²) in [6.07, 6.45) is 1.36. The van der Waals surface area contributed by atoms with Gasteiger partial charge in [-0.05, 0) is 53.2 Å². The van der Waals surface area contributed by atoms with Crippen molar-refractivity contribution in [2.45, 2.75) is 32.7 Å². The number of hydrogen-bond acceptors (Lipinski definition) is 2. The zero-order valence-corrected chi connectivity index (χ0v) is 8.85. The summed E-state index contributed by atoms with van der Waals surface area (Å²) < 4.78 is 0. The highest BCUT2D eigenvalue weighted by molar-refractivity contribution is 4.85. The minimum Gasteiger partial charge on any atom is -0.319 e. The molecule has 1 heterocycles. The summed E-state index contributed by atoms with van der Waals surface area (Å²) in [6, 6.07) is 0. The van der Waals surface area contributed by atoms with Crippen LogP contribution in [0.2, 0.25) is 0 Å².